The van der Waals surface area contributed by atoms with Gasteiger partial charge in [0.1, 0.15) is 9.84 Å². The first kappa shape index (κ1) is 17.5. The van der Waals surface area contributed by atoms with Crippen molar-refractivity contribution in [3.63, 3.8) is 0 Å². The summed E-state index contributed by atoms with van der Waals surface area (Å²) in [4.78, 5) is 25.7. The number of carbonyl (C=O) groups excluding carboxylic acids is 1. The Labute approximate surface area is 136 Å². The number of pyridine rings is 1. The number of nitrogens with zero attached hydrogens (tertiary/aromatic N) is 2. The Morgan fingerprint density at radius 3 is 2.61 bits per heavy atom. The third kappa shape index (κ3) is 4.82. The smallest absolute Gasteiger partial charge is 0.318 e. The van der Waals surface area contributed by atoms with Gasteiger partial charge >= 0.3 is 6.03 Å². The molecule has 8 heteroatoms. The van der Waals surface area contributed by atoms with Crippen LogP contribution in [0.1, 0.15) is 26.7 Å². The number of urea groups is 1. The van der Waals surface area contributed by atoms with E-state index in [1.807, 2.05) is 6.92 Å². The maximum Gasteiger partial charge on any atom is 0.322 e. The highest BCUT2D eigenvalue weighted by atomic mass is 32.2. The van der Waals surface area contributed by atoms with Crippen molar-refractivity contribution in [3.8, 4) is 0 Å². The number of nitrogens with one attached hydrogen (secondary N) is 1. The Hall–Kier alpha value is -1.83. The van der Waals surface area contributed by atoms with Crippen molar-refractivity contribution in [1.29, 1.82) is 0 Å². The largest absolute Gasteiger partial charge is 0.322 e. The zero-order valence-corrected chi connectivity index (χ0v) is 14.5. The molecule has 0 spiro atoms. The van der Waals surface area contributed by atoms with Gasteiger partial charge in [-0.3, -0.25) is 4.79 Å². The minimum atomic E-state index is -3.16. The van der Waals surface area contributed by atoms with Gasteiger partial charge in [-0.25, -0.2) is 13.2 Å². The van der Waals surface area contributed by atoms with E-state index in [0.29, 0.717) is 12.2 Å². The lowest BCUT2D eigenvalue weighted by Gasteiger charge is -2.29. The summed E-state index contributed by atoms with van der Waals surface area (Å²) in [6.07, 6.45) is 4.53. The SMILES string of the molecule is CCn1cc(NC(=O)N(C2CC2)[C@@H](C)CS(C)(=O)=O)ccc1=O. The monoisotopic (exact) mass is 341 g/mol. The second-order valence-corrected chi connectivity index (χ2v) is 8.24. The Morgan fingerprint density at radius 1 is 1.43 bits per heavy atom. The number of carbonyl (C=O) groups is 1. The van der Waals surface area contributed by atoms with Crippen LogP contribution in [0.15, 0.2) is 23.1 Å². The van der Waals surface area contributed by atoms with Crippen LogP contribution in [0, 0.1) is 0 Å². The molecular weight excluding hydrogens is 318 g/mol. The lowest BCUT2D eigenvalue weighted by Crippen LogP contribution is -2.46. The molecular formula is C15H23N3O4S. The maximum atomic E-state index is 12.5. The van der Waals surface area contributed by atoms with Crippen molar-refractivity contribution in [1.82, 2.24) is 9.47 Å². The molecule has 1 saturated carbocycles. The van der Waals surface area contributed by atoms with Gasteiger partial charge in [-0.2, -0.15) is 0 Å². The Kier molecular flexibility index (Phi) is 5.13. The minimum absolute atomic E-state index is 0.0641. The molecule has 0 unspecified atom stereocenters. The standard InChI is InChI=1S/C15H23N3O4S/c1-4-17-9-12(5-8-14(17)19)16-15(20)18(13-6-7-13)11(2)10-23(3,21)22/h5,8-9,11,13H,4,6-7,10H2,1-3H3,(H,16,20)/t11-/m0/s1. The van der Waals surface area contributed by atoms with E-state index in [4.69, 9.17) is 0 Å². The molecule has 2 rings (SSSR count). The van der Waals surface area contributed by atoms with Crippen molar-refractivity contribution < 1.29 is 13.2 Å². The fourth-order valence-corrected chi connectivity index (χ4v) is 3.67. The highest BCUT2D eigenvalue weighted by Gasteiger charge is 2.36. The van der Waals surface area contributed by atoms with Gasteiger partial charge in [0.25, 0.3) is 5.56 Å². The number of anilines is 1. The number of rotatable bonds is 6. The van der Waals surface area contributed by atoms with Crippen molar-refractivity contribution >= 4 is 21.6 Å². The minimum Gasteiger partial charge on any atom is -0.318 e. The van der Waals surface area contributed by atoms with Crippen LogP contribution in [0.5, 0.6) is 0 Å². The zero-order chi connectivity index (χ0) is 17.2. The van der Waals surface area contributed by atoms with Crippen LogP contribution in [0.25, 0.3) is 0 Å². The van der Waals surface area contributed by atoms with Crippen LogP contribution in [-0.2, 0) is 16.4 Å². The first-order chi connectivity index (χ1) is 10.7. The van der Waals surface area contributed by atoms with Gasteiger partial charge in [-0.1, -0.05) is 0 Å². The van der Waals surface area contributed by atoms with Gasteiger partial charge in [0.15, 0.2) is 0 Å². The Morgan fingerprint density at radius 2 is 2.09 bits per heavy atom. The summed E-state index contributed by atoms with van der Waals surface area (Å²) in [7, 11) is -3.16. The summed E-state index contributed by atoms with van der Waals surface area (Å²) < 4.78 is 24.5. The van der Waals surface area contributed by atoms with E-state index in [2.05, 4.69) is 5.32 Å². The van der Waals surface area contributed by atoms with Crippen molar-refractivity contribution in [2.45, 2.75) is 45.3 Å². The highest BCUT2D eigenvalue weighted by Crippen LogP contribution is 2.29. The van der Waals surface area contributed by atoms with Gasteiger partial charge in [-0.15, -0.1) is 0 Å². The molecule has 7 nitrogen and oxygen atoms in total. The predicted octanol–water partition coefficient (Wildman–Crippen LogP) is 1.30. The van der Waals surface area contributed by atoms with E-state index < -0.39 is 15.9 Å². The third-order valence-electron chi connectivity index (χ3n) is 3.77. The number of aryl methyl sites for hydroxylation is 1. The van der Waals surface area contributed by atoms with Crippen LogP contribution >= 0.6 is 0 Å². The zero-order valence-electron chi connectivity index (χ0n) is 13.7. The highest BCUT2D eigenvalue weighted by molar-refractivity contribution is 7.90. The van der Waals surface area contributed by atoms with Gasteiger partial charge in [-0.05, 0) is 32.8 Å². The number of aromatic nitrogens is 1. The van der Waals surface area contributed by atoms with E-state index in [1.165, 1.54) is 16.9 Å². The summed E-state index contributed by atoms with van der Waals surface area (Å²) >= 11 is 0. The topological polar surface area (TPSA) is 88.5 Å². The summed E-state index contributed by atoms with van der Waals surface area (Å²) in [5.74, 6) is -0.0641. The molecule has 1 atom stereocenters. The number of amides is 2. The predicted molar refractivity (Wildman–Crippen MR) is 89.4 cm³/mol. The fourth-order valence-electron chi connectivity index (χ4n) is 2.64. The van der Waals surface area contributed by atoms with Crippen molar-refractivity contribution in [3.05, 3.63) is 28.7 Å². The molecule has 1 heterocycles. The van der Waals surface area contributed by atoms with Crippen LogP contribution < -0.4 is 10.9 Å². The average Bonchev–Trinajstić information content (AvgIpc) is 3.23. The number of hydrogen-bond acceptors (Lipinski definition) is 4. The molecule has 128 valence electrons. The summed E-state index contributed by atoms with van der Waals surface area (Å²) in [5.41, 5.74) is 0.392. The molecule has 0 aliphatic heterocycles. The quantitative estimate of drug-likeness (QED) is 0.844. The average molecular weight is 341 g/mol. The summed E-state index contributed by atoms with van der Waals surface area (Å²) in [6.45, 7) is 4.10. The lowest BCUT2D eigenvalue weighted by atomic mass is 10.3. The summed E-state index contributed by atoms with van der Waals surface area (Å²) in [5, 5.41) is 2.76. The van der Waals surface area contributed by atoms with Gasteiger partial charge < -0.3 is 14.8 Å². The van der Waals surface area contributed by atoms with Gasteiger partial charge in [0.05, 0.1) is 11.4 Å². The molecule has 0 saturated heterocycles. The van der Waals surface area contributed by atoms with E-state index in [-0.39, 0.29) is 23.4 Å². The van der Waals surface area contributed by atoms with E-state index >= 15 is 0 Å². The second-order valence-electron chi connectivity index (χ2n) is 6.05. The Balaban J connectivity index is 2.14. The molecule has 0 aromatic carbocycles. The molecule has 1 fully saturated rings. The third-order valence-corrected chi connectivity index (χ3v) is 4.86. The molecule has 1 aliphatic rings. The van der Waals surface area contributed by atoms with Crippen LogP contribution in [0.4, 0.5) is 10.5 Å². The van der Waals surface area contributed by atoms with Gasteiger partial charge in [0, 0.05) is 37.1 Å². The molecule has 0 bridgehead atoms. The van der Waals surface area contributed by atoms with Crippen LogP contribution in [0.3, 0.4) is 0 Å². The molecule has 1 aliphatic carbocycles. The molecule has 23 heavy (non-hydrogen) atoms. The van der Waals surface area contributed by atoms with Crippen LogP contribution in [-0.4, -0.2) is 48.0 Å². The lowest BCUT2D eigenvalue weighted by molar-refractivity contribution is 0.194. The fraction of sp³-hybridized carbons (Fsp3) is 0.600. The number of hydrogen-bond donors (Lipinski definition) is 1. The molecule has 1 aromatic rings. The van der Waals surface area contributed by atoms with Crippen molar-refractivity contribution in [2.75, 3.05) is 17.3 Å². The molecule has 1 aromatic heterocycles. The number of sulfone groups is 1. The van der Waals surface area contributed by atoms with E-state index in [0.717, 1.165) is 12.8 Å². The van der Waals surface area contributed by atoms with E-state index in [1.54, 1.807) is 24.1 Å². The second kappa shape index (κ2) is 6.74. The Bertz CT molecular complexity index is 737. The first-order valence-corrected chi connectivity index (χ1v) is 9.75. The first-order valence-electron chi connectivity index (χ1n) is 7.69. The van der Waals surface area contributed by atoms with Crippen molar-refractivity contribution in [2.24, 2.45) is 0 Å². The van der Waals surface area contributed by atoms with Gasteiger partial charge in [0.2, 0.25) is 0 Å². The maximum absolute atomic E-state index is 12.5. The molecule has 1 N–H and O–H groups in total. The normalized spacial score (nSPS) is 16.0. The molecule has 0 radical (unpaired) electrons. The molecule has 2 amide bonds. The summed E-state index contributed by atoms with van der Waals surface area (Å²) in [6, 6.07) is 2.32. The van der Waals surface area contributed by atoms with E-state index in [9.17, 15) is 18.0 Å². The van der Waals surface area contributed by atoms with Crippen LogP contribution in [0.2, 0.25) is 0 Å².